The molecule has 1 aromatic carbocycles. The summed E-state index contributed by atoms with van der Waals surface area (Å²) in [6.07, 6.45) is 0.940. The SMILES string of the molecule is CCc1ccccc1CNC(=O)c1n[nH]c(C)c1N. The maximum atomic E-state index is 12.0. The number of aromatic amines is 1. The number of nitrogen functional groups attached to an aromatic ring is 1. The summed E-state index contributed by atoms with van der Waals surface area (Å²) in [5.41, 5.74) is 9.49. The summed E-state index contributed by atoms with van der Waals surface area (Å²) in [5, 5.41) is 9.45. The molecule has 4 N–H and O–H groups in total. The zero-order chi connectivity index (χ0) is 13.8. The van der Waals surface area contributed by atoms with Crippen LogP contribution < -0.4 is 11.1 Å². The number of carbonyl (C=O) groups is 1. The number of H-pyrrole nitrogens is 1. The van der Waals surface area contributed by atoms with Gasteiger partial charge in [-0.3, -0.25) is 9.89 Å². The number of aromatic nitrogens is 2. The van der Waals surface area contributed by atoms with Crippen LogP contribution in [0.1, 0.15) is 34.2 Å². The van der Waals surface area contributed by atoms with Crippen LogP contribution in [0, 0.1) is 6.92 Å². The Labute approximate surface area is 112 Å². The Balaban J connectivity index is 2.07. The van der Waals surface area contributed by atoms with E-state index in [0.717, 1.165) is 12.0 Å². The van der Waals surface area contributed by atoms with Gasteiger partial charge in [-0.1, -0.05) is 31.2 Å². The van der Waals surface area contributed by atoms with Crippen LogP contribution in [-0.2, 0) is 13.0 Å². The number of rotatable bonds is 4. The van der Waals surface area contributed by atoms with E-state index >= 15 is 0 Å². The monoisotopic (exact) mass is 258 g/mol. The largest absolute Gasteiger partial charge is 0.395 e. The number of hydrogen-bond acceptors (Lipinski definition) is 3. The number of nitrogens with two attached hydrogens (primary N) is 1. The Hall–Kier alpha value is -2.30. The molecule has 0 aliphatic rings. The average molecular weight is 258 g/mol. The highest BCUT2D eigenvalue weighted by molar-refractivity contribution is 5.97. The van der Waals surface area contributed by atoms with Crippen LogP contribution in [0.15, 0.2) is 24.3 Å². The van der Waals surface area contributed by atoms with Crippen LogP contribution in [0.4, 0.5) is 5.69 Å². The van der Waals surface area contributed by atoms with Crippen molar-refractivity contribution >= 4 is 11.6 Å². The maximum absolute atomic E-state index is 12.0. The summed E-state index contributed by atoms with van der Waals surface area (Å²) in [6, 6.07) is 8.04. The van der Waals surface area contributed by atoms with E-state index in [0.29, 0.717) is 17.9 Å². The van der Waals surface area contributed by atoms with Gasteiger partial charge < -0.3 is 11.1 Å². The molecule has 1 amide bonds. The van der Waals surface area contributed by atoms with Crippen molar-refractivity contribution in [3.63, 3.8) is 0 Å². The minimum Gasteiger partial charge on any atom is -0.395 e. The number of anilines is 1. The summed E-state index contributed by atoms with van der Waals surface area (Å²) in [7, 11) is 0. The second-order valence-electron chi connectivity index (χ2n) is 4.42. The second-order valence-corrected chi connectivity index (χ2v) is 4.42. The highest BCUT2D eigenvalue weighted by Crippen LogP contribution is 2.13. The molecular formula is C14H18N4O. The van der Waals surface area contributed by atoms with Gasteiger partial charge in [-0.15, -0.1) is 0 Å². The normalized spacial score (nSPS) is 10.4. The minimum absolute atomic E-state index is 0.256. The van der Waals surface area contributed by atoms with E-state index in [9.17, 15) is 4.79 Å². The first kappa shape index (κ1) is 13.1. The standard InChI is InChI=1S/C14H18N4O/c1-3-10-6-4-5-7-11(10)8-16-14(19)13-12(15)9(2)17-18-13/h4-7H,3,8,15H2,1-2H3,(H,16,19)(H,17,18). The fraction of sp³-hybridized carbons (Fsp3) is 0.286. The van der Waals surface area contributed by atoms with Gasteiger partial charge in [-0.05, 0) is 24.5 Å². The number of nitrogens with zero attached hydrogens (tertiary/aromatic N) is 1. The van der Waals surface area contributed by atoms with Crippen LogP contribution in [0.25, 0.3) is 0 Å². The third-order valence-corrected chi connectivity index (χ3v) is 3.15. The van der Waals surface area contributed by atoms with Gasteiger partial charge >= 0.3 is 0 Å². The van der Waals surface area contributed by atoms with Gasteiger partial charge in [0.05, 0.1) is 11.4 Å². The maximum Gasteiger partial charge on any atom is 0.274 e. The zero-order valence-electron chi connectivity index (χ0n) is 11.2. The molecule has 100 valence electrons. The Morgan fingerprint density at radius 2 is 2.05 bits per heavy atom. The molecule has 5 nitrogen and oxygen atoms in total. The van der Waals surface area contributed by atoms with Gasteiger partial charge in [0.2, 0.25) is 0 Å². The Kier molecular flexibility index (Phi) is 3.85. The molecule has 19 heavy (non-hydrogen) atoms. The predicted octanol–water partition coefficient (Wildman–Crippen LogP) is 1.79. The van der Waals surface area contributed by atoms with Crippen molar-refractivity contribution < 1.29 is 4.79 Å². The summed E-state index contributed by atoms with van der Waals surface area (Å²) in [6.45, 7) is 4.36. The molecule has 0 radical (unpaired) electrons. The summed E-state index contributed by atoms with van der Waals surface area (Å²) >= 11 is 0. The molecule has 0 spiro atoms. The molecule has 0 atom stereocenters. The number of amides is 1. The van der Waals surface area contributed by atoms with Crippen LogP contribution in [0.3, 0.4) is 0 Å². The number of hydrogen-bond donors (Lipinski definition) is 3. The molecule has 0 saturated heterocycles. The Morgan fingerprint density at radius 3 is 2.63 bits per heavy atom. The topological polar surface area (TPSA) is 83.8 Å². The molecule has 0 saturated carbocycles. The number of carbonyl (C=O) groups excluding carboxylic acids is 1. The van der Waals surface area contributed by atoms with Crippen LogP contribution >= 0.6 is 0 Å². The van der Waals surface area contributed by atoms with Crippen molar-refractivity contribution in [3.05, 3.63) is 46.8 Å². The van der Waals surface area contributed by atoms with E-state index < -0.39 is 0 Å². The third-order valence-electron chi connectivity index (χ3n) is 3.15. The van der Waals surface area contributed by atoms with Gasteiger partial charge in [0.1, 0.15) is 0 Å². The van der Waals surface area contributed by atoms with Crippen molar-refractivity contribution in [1.82, 2.24) is 15.5 Å². The molecule has 5 heteroatoms. The lowest BCUT2D eigenvalue weighted by molar-refractivity contribution is 0.0946. The molecule has 1 aromatic heterocycles. The van der Waals surface area contributed by atoms with Gasteiger partial charge in [-0.25, -0.2) is 0 Å². The number of nitrogens with one attached hydrogen (secondary N) is 2. The van der Waals surface area contributed by atoms with Gasteiger partial charge in [0.15, 0.2) is 5.69 Å². The van der Waals surface area contributed by atoms with Crippen LogP contribution in [0.5, 0.6) is 0 Å². The minimum atomic E-state index is -0.257. The molecular weight excluding hydrogens is 240 g/mol. The Morgan fingerprint density at radius 1 is 1.37 bits per heavy atom. The molecule has 2 aromatic rings. The lowest BCUT2D eigenvalue weighted by Crippen LogP contribution is -2.24. The zero-order valence-corrected chi connectivity index (χ0v) is 11.2. The Bertz CT molecular complexity index is 589. The van der Waals surface area contributed by atoms with Crippen LogP contribution in [-0.4, -0.2) is 16.1 Å². The first-order valence-electron chi connectivity index (χ1n) is 6.29. The van der Waals surface area contributed by atoms with E-state index in [1.807, 2.05) is 18.2 Å². The summed E-state index contributed by atoms with van der Waals surface area (Å²) in [5.74, 6) is -0.257. The third kappa shape index (κ3) is 2.76. The van der Waals surface area contributed by atoms with Crippen molar-refractivity contribution in [3.8, 4) is 0 Å². The first-order chi connectivity index (χ1) is 9.13. The molecule has 0 bridgehead atoms. The molecule has 2 rings (SSSR count). The number of benzene rings is 1. The highest BCUT2D eigenvalue weighted by Gasteiger charge is 2.15. The van der Waals surface area contributed by atoms with E-state index in [1.54, 1.807) is 6.92 Å². The summed E-state index contributed by atoms with van der Waals surface area (Å²) < 4.78 is 0. The van der Waals surface area contributed by atoms with E-state index in [2.05, 4.69) is 28.5 Å². The first-order valence-corrected chi connectivity index (χ1v) is 6.29. The molecule has 0 aliphatic heterocycles. The van der Waals surface area contributed by atoms with E-state index in [1.165, 1.54) is 5.56 Å². The summed E-state index contributed by atoms with van der Waals surface area (Å²) in [4.78, 5) is 12.0. The van der Waals surface area contributed by atoms with Crippen LogP contribution in [0.2, 0.25) is 0 Å². The fourth-order valence-electron chi connectivity index (χ4n) is 1.94. The molecule has 0 fully saturated rings. The lowest BCUT2D eigenvalue weighted by atomic mass is 10.1. The van der Waals surface area contributed by atoms with Crippen molar-refractivity contribution in [2.75, 3.05) is 5.73 Å². The molecule has 0 unspecified atom stereocenters. The lowest BCUT2D eigenvalue weighted by Gasteiger charge is -2.08. The molecule has 0 aliphatic carbocycles. The average Bonchev–Trinajstić information content (AvgIpc) is 2.77. The van der Waals surface area contributed by atoms with E-state index in [4.69, 9.17) is 5.73 Å². The molecule has 1 heterocycles. The number of aryl methyl sites for hydroxylation is 2. The van der Waals surface area contributed by atoms with Gasteiger partial charge in [0.25, 0.3) is 5.91 Å². The fourth-order valence-corrected chi connectivity index (χ4v) is 1.94. The smallest absolute Gasteiger partial charge is 0.274 e. The van der Waals surface area contributed by atoms with Gasteiger partial charge in [0, 0.05) is 6.54 Å². The second kappa shape index (κ2) is 5.56. The highest BCUT2D eigenvalue weighted by atomic mass is 16.1. The van der Waals surface area contributed by atoms with E-state index in [-0.39, 0.29) is 11.6 Å². The van der Waals surface area contributed by atoms with Crippen molar-refractivity contribution in [2.24, 2.45) is 0 Å². The van der Waals surface area contributed by atoms with Crippen molar-refractivity contribution in [1.29, 1.82) is 0 Å². The predicted molar refractivity (Wildman–Crippen MR) is 74.7 cm³/mol. The quantitative estimate of drug-likeness (QED) is 0.781. The van der Waals surface area contributed by atoms with Gasteiger partial charge in [-0.2, -0.15) is 5.10 Å². The van der Waals surface area contributed by atoms with Crippen molar-refractivity contribution in [2.45, 2.75) is 26.8 Å².